The van der Waals surface area contributed by atoms with E-state index >= 15 is 0 Å². The molecule has 0 saturated carbocycles. The van der Waals surface area contributed by atoms with Gasteiger partial charge in [-0.05, 0) is 38.0 Å². The van der Waals surface area contributed by atoms with Gasteiger partial charge in [0.15, 0.2) is 11.5 Å². The molecule has 18 heavy (non-hydrogen) atoms. The fraction of sp³-hybridized carbons (Fsp3) is 0.462. The molecule has 0 radical (unpaired) electrons. The van der Waals surface area contributed by atoms with Gasteiger partial charge in [-0.2, -0.15) is 0 Å². The average molecular weight is 273 g/mol. The Hall–Kier alpha value is -1.42. The zero-order valence-electron chi connectivity index (χ0n) is 10.5. The number of hydrogen-bond acceptors (Lipinski definition) is 3. The Morgan fingerprint density at radius 1 is 1.28 bits per heavy atom. The number of carboxylic acid groups (broad SMARTS) is 1. The van der Waals surface area contributed by atoms with Gasteiger partial charge in [0.1, 0.15) is 0 Å². The topological polar surface area (TPSA) is 55.8 Å². The van der Waals surface area contributed by atoms with E-state index in [0.29, 0.717) is 36.2 Å². The minimum absolute atomic E-state index is 0.0654. The molecule has 0 aliphatic rings. The average Bonchev–Trinajstić information content (AvgIpc) is 2.31. The minimum atomic E-state index is -0.835. The van der Waals surface area contributed by atoms with E-state index in [1.54, 1.807) is 12.1 Å². The van der Waals surface area contributed by atoms with E-state index in [9.17, 15) is 4.79 Å². The Bertz CT molecular complexity index is 418. The smallest absolute Gasteiger partial charge is 0.303 e. The molecule has 100 valence electrons. The van der Waals surface area contributed by atoms with Crippen LogP contribution in [0.1, 0.15) is 25.8 Å². The normalized spacial score (nSPS) is 10.2. The zero-order valence-corrected chi connectivity index (χ0v) is 11.3. The lowest BCUT2D eigenvalue weighted by Crippen LogP contribution is -2.02. The SMILES string of the molecule is CCOc1cc(CCC(=O)O)cc(Cl)c1OCC. The lowest BCUT2D eigenvalue weighted by Gasteiger charge is -2.14. The lowest BCUT2D eigenvalue weighted by atomic mass is 10.1. The lowest BCUT2D eigenvalue weighted by molar-refractivity contribution is -0.136. The van der Waals surface area contributed by atoms with Gasteiger partial charge in [-0.15, -0.1) is 0 Å². The molecule has 0 saturated heterocycles. The number of carboxylic acids is 1. The molecule has 5 heteroatoms. The van der Waals surface area contributed by atoms with Crippen LogP contribution in [0.15, 0.2) is 12.1 Å². The fourth-order valence-corrected chi connectivity index (χ4v) is 1.85. The van der Waals surface area contributed by atoms with Crippen LogP contribution in [-0.4, -0.2) is 24.3 Å². The van der Waals surface area contributed by atoms with Crippen LogP contribution in [-0.2, 0) is 11.2 Å². The standard InChI is InChI=1S/C13H17ClO4/c1-3-17-11-8-9(5-6-12(15)16)7-10(14)13(11)18-4-2/h7-8H,3-6H2,1-2H3,(H,15,16). The van der Waals surface area contributed by atoms with E-state index in [-0.39, 0.29) is 6.42 Å². The molecule has 0 unspecified atom stereocenters. The summed E-state index contributed by atoms with van der Waals surface area (Å²) in [5, 5.41) is 9.11. The van der Waals surface area contributed by atoms with Gasteiger partial charge in [0, 0.05) is 6.42 Å². The molecule has 0 aliphatic carbocycles. The molecule has 0 heterocycles. The van der Waals surface area contributed by atoms with Crippen LogP contribution < -0.4 is 9.47 Å². The largest absolute Gasteiger partial charge is 0.490 e. The number of hydrogen-bond donors (Lipinski definition) is 1. The molecule has 1 aromatic carbocycles. The van der Waals surface area contributed by atoms with Crippen molar-refractivity contribution in [3.63, 3.8) is 0 Å². The first-order chi connectivity index (χ1) is 8.58. The summed E-state index contributed by atoms with van der Waals surface area (Å²) >= 11 is 6.11. The van der Waals surface area contributed by atoms with Crippen LogP contribution in [0.3, 0.4) is 0 Å². The Labute approximate surface area is 111 Å². The molecule has 0 fully saturated rings. The molecule has 0 amide bonds. The predicted octanol–water partition coefficient (Wildman–Crippen LogP) is 3.15. The quantitative estimate of drug-likeness (QED) is 0.828. The van der Waals surface area contributed by atoms with Gasteiger partial charge >= 0.3 is 5.97 Å². The molecule has 4 nitrogen and oxygen atoms in total. The van der Waals surface area contributed by atoms with Crippen molar-refractivity contribution in [2.75, 3.05) is 13.2 Å². The van der Waals surface area contributed by atoms with E-state index in [1.165, 1.54) is 0 Å². The summed E-state index contributed by atoms with van der Waals surface area (Å²) in [7, 11) is 0. The third-order valence-electron chi connectivity index (χ3n) is 2.29. The third kappa shape index (κ3) is 4.11. The molecule has 1 aromatic rings. The van der Waals surface area contributed by atoms with Crippen molar-refractivity contribution in [3.05, 3.63) is 22.7 Å². The van der Waals surface area contributed by atoms with Crippen molar-refractivity contribution >= 4 is 17.6 Å². The molecule has 0 aliphatic heterocycles. The number of ether oxygens (including phenoxy) is 2. The maximum Gasteiger partial charge on any atom is 0.303 e. The predicted molar refractivity (Wildman–Crippen MR) is 69.7 cm³/mol. The number of aryl methyl sites for hydroxylation is 1. The molecular formula is C13H17ClO4. The third-order valence-corrected chi connectivity index (χ3v) is 2.57. The van der Waals surface area contributed by atoms with Crippen LogP contribution >= 0.6 is 11.6 Å². The fourth-order valence-electron chi connectivity index (χ4n) is 1.56. The second-order valence-corrected chi connectivity index (χ2v) is 4.07. The van der Waals surface area contributed by atoms with Crippen LogP contribution in [0, 0.1) is 0 Å². The van der Waals surface area contributed by atoms with Gasteiger partial charge in [0.2, 0.25) is 0 Å². The maximum absolute atomic E-state index is 10.5. The Balaban J connectivity index is 2.98. The molecular weight excluding hydrogens is 256 g/mol. The van der Waals surface area contributed by atoms with E-state index in [0.717, 1.165) is 5.56 Å². The highest BCUT2D eigenvalue weighted by Gasteiger charge is 2.12. The van der Waals surface area contributed by atoms with Crippen molar-refractivity contribution in [2.24, 2.45) is 0 Å². The van der Waals surface area contributed by atoms with Crippen LogP contribution in [0.2, 0.25) is 5.02 Å². The second-order valence-electron chi connectivity index (χ2n) is 3.66. The van der Waals surface area contributed by atoms with E-state index in [2.05, 4.69) is 0 Å². The number of aliphatic carboxylic acids is 1. The maximum atomic E-state index is 10.5. The monoisotopic (exact) mass is 272 g/mol. The summed E-state index contributed by atoms with van der Waals surface area (Å²) in [6.07, 6.45) is 0.484. The summed E-state index contributed by atoms with van der Waals surface area (Å²) in [6.45, 7) is 4.73. The molecule has 0 atom stereocenters. The second kappa shape index (κ2) is 7.11. The summed E-state index contributed by atoms with van der Waals surface area (Å²) in [5.41, 5.74) is 0.828. The molecule has 0 spiro atoms. The number of rotatable bonds is 7. The van der Waals surface area contributed by atoms with Gasteiger partial charge < -0.3 is 14.6 Å². The number of benzene rings is 1. The van der Waals surface area contributed by atoms with Gasteiger partial charge in [0.25, 0.3) is 0 Å². The Morgan fingerprint density at radius 3 is 2.50 bits per heavy atom. The van der Waals surface area contributed by atoms with Gasteiger partial charge in [-0.25, -0.2) is 0 Å². The molecule has 0 aromatic heterocycles. The first-order valence-electron chi connectivity index (χ1n) is 5.88. The highest BCUT2D eigenvalue weighted by molar-refractivity contribution is 6.32. The first kappa shape index (κ1) is 14.6. The van der Waals surface area contributed by atoms with E-state index < -0.39 is 5.97 Å². The Kier molecular flexibility index (Phi) is 5.78. The Morgan fingerprint density at radius 2 is 1.94 bits per heavy atom. The van der Waals surface area contributed by atoms with Crippen molar-refractivity contribution in [1.29, 1.82) is 0 Å². The summed E-state index contributed by atoms with van der Waals surface area (Å²) in [5.74, 6) is 0.241. The molecule has 0 bridgehead atoms. The van der Waals surface area contributed by atoms with Gasteiger partial charge in [0.05, 0.1) is 18.2 Å². The van der Waals surface area contributed by atoms with Gasteiger partial charge in [-0.1, -0.05) is 11.6 Å². The summed E-state index contributed by atoms with van der Waals surface area (Å²) < 4.78 is 10.9. The highest BCUT2D eigenvalue weighted by atomic mass is 35.5. The van der Waals surface area contributed by atoms with Crippen LogP contribution in [0.5, 0.6) is 11.5 Å². The first-order valence-corrected chi connectivity index (χ1v) is 6.26. The van der Waals surface area contributed by atoms with Crippen molar-refractivity contribution in [1.82, 2.24) is 0 Å². The van der Waals surface area contributed by atoms with Gasteiger partial charge in [-0.3, -0.25) is 4.79 Å². The van der Waals surface area contributed by atoms with Crippen molar-refractivity contribution in [2.45, 2.75) is 26.7 Å². The van der Waals surface area contributed by atoms with E-state index in [1.807, 2.05) is 13.8 Å². The number of carbonyl (C=O) groups is 1. The zero-order chi connectivity index (χ0) is 13.5. The minimum Gasteiger partial charge on any atom is -0.490 e. The molecule has 1 N–H and O–H groups in total. The van der Waals surface area contributed by atoms with Crippen LogP contribution in [0.4, 0.5) is 0 Å². The number of halogens is 1. The van der Waals surface area contributed by atoms with E-state index in [4.69, 9.17) is 26.2 Å². The van der Waals surface area contributed by atoms with Crippen molar-refractivity contribution in [3.8, 4) is 11.5 Å². The molecule has 1 rings (SSSR count). The van der Waals surface area contributed by atoms with Crippen LogP contribution in [0.25, 0.3) is 0 Å². The summed E-state index contributed by atoms with van der Waals surface area (Å²) in [6, 6.07) is 3.50. The van der Waals surface area contributed by atoms with Crippen molar-refractivity contribution < 1.29 is 19.4 Å². The summed E-state index contributed by atoms with van der Waals surface area (Å²) in [4.78, 5) is 10.5. The highest BCUT2D eigenvalue weighted by Crippen LogP contribution is 2.36.